The number of primary amides is 1. The number of para-hydroxylation sites is 2. The fraction of sp³-hybridized carbons (Fsp3) is 0.0625. The molecule has 3 aromatic rings. The van der Waals surface area contributed by atoms with Gasteiger partial charge in [0, 0.05) is 10.3 Å². The van der Waals surface area contributed by atoms with Crippen molar-refractivity contribution in [3.63, 3.8) is 0 Å². The lowest BCUT2D eigenvalue weighted by molar-refractivity contribution is -0.115. The topological polar surface area (TPSA) is 101 Å². The van der Waals surface area contributed by atoms with Gasteiger partial charge in [-0.25, -0.2) is 0 Å². The second-order valence-electron chi connectivity index (χ2n) is 4.85. The van der Waals surface area contributed by atoms with E-state index in [1.807, 2.05) is 24.3 Å². The van der Waals surface area contributed by atoms with Gasteiger partial charge >= 0.3 is 0 Å². The smallest absolute Gasteiger partial charge is 0.257 e. The minimum atomic E-state index is -0.404. The third-order valence-corrected chi connectivity index (χ3v) is 4.32. The van der Waals surface area contributed by atoms with E-state index in [1.54, 1.807) is 24.4 Å². The number of aromatic amines is 1. The Kier molecular flexibility index (Phi) is 4.29. The summed E-state index contributed by atoms with van der Waals surface area (Å²) in [6.45, 7) is 0. The maximum Gasteiger partial charge on any atom is 0.257 e. The van der Waals surface area contributed by atoms with Crippen LogP contribution in [0.25, 0.3) is 10.9 Å². The van der Waals surface area contributed by atoms with Gasteiger partial charge in [0.1, 0.15) is 0 Å². The molecule has 2 amide bonds. The lowest BCUT2D eigenvalue weighted by atomic mass is 10.1. The zero-order chi connectivity index (χ0) is 16.2. The number of rotatable bonds is 5. The van der Waals surface area contributed by atoms with Gasteiger partial charge < -0.3 is 11.1 Å². The number of H-pyrrole nitrogens is 1. The quantitative estimate of drug-likeness (QED) is 0.627. The molecule has 7 heteroatoms. The first-order chi connectivity index (χ1) is 11.1. The van der Waals surface area contributed by atoms with Crippen molar-refractivity contribution < 1.29 is 9.59 Å². The lowest BCUT2D eigenvalue weighted by Gasteiger charge is -2.10. The molecule has 0 radical (unpaired) electrons. The molecule has 23 heavy (non-hydrogen) atoms. The number of benzene rings is 2. The molecule has 0 bridgehead atoms. The van der Waals surface area contributed by atoms with E-state index < -0.39 is 5.91 Å². The highest BCUT2D eigenvalue weighted by Crippen LogP contribution is 2.27. The summed E-state index contributed by atoms with van der Waals surface area (Å²) in [4.78, 5) is 24.3. The molecule has 0 saturated heterocycles. The Balaban J connectivity index is 1.86. The van der Waals surface area contributed by atoms with Crippen LogP contribution in [0.5, 0.6) is 0 Å². The minimum Gasteiger partial charge on any atom is -0.369 e. The van der Waals surface area contributed by atoms with Crippen LogP contribution in [0.4, 0.5) is 5.69 Å². The van der Waals surface area contributed by atoms with Gasteiger partial charge in [0.2, 0.25) is 5.91 Å². The summed E-state index contributed by atoms with van der Waals surface area (Å²) in [7, 11) is 0. The molecular weight excluding hydrogens is 312 g/mol. The van der Waals surface area contributed by atoms with Crippen molar-refractivity contribution in [3.05, 3.63) is 54.2 Å². The van der Waals surface area contributed by atoms with Gasteiger partial charge in [0.05, 0.1) is 28.7 Å². The average Bonchev–Trinajstić information content (AvgIpc) is 3.02. The number of amides is 2. The highest BCUT2D eigenvalue weighted by molar-refractivity contribution is 8.00. The Hall–Kier alpha value is -2.80. The molecular formula is C16H14N4O2S. The third-order valence-electron chi connectivity index (χ3n) is 3.23. The number of carbonyl (C=O) groups excluding carboxylic acids is 2. The first-order valence-corrected chi connectivity index (χ1v) is 7.87. The van der Waals surface area contributed by atoms with Gasteiger partial charge in [-0.2, -0.15) is 5.10 Å². The number of hydrogen-bond donors (Lipinski definition) is 3. The van der Waals surface area contributed by atoms with Crippen molar-refractivity contribution in [1.82, 2.24) is 10.2 Å². The molecule has 0 aliphatic carbocycles. The molecule has 1 aromatic heterocycles. The number of hydrogen-bond acceptors (Lipinski definition) is 4. The van der Waals surface area contributed by atoms with Crippen molar-refractivity contribution in [2.45, 2.75) is 4.90 Å². The van der Waals surface area contributed by atoms with Crippen LogP contribution in [0.1, 0.15) is 10.4 Å². The Morgan fingerprint density at radius 2 is 2.00 bits per heavy atom. The van der Waals surface area contributed by atoms with E-state index in [2.05, 4.69) is 15.5 Å². The normalized spacial score (nSPS) is 10.6. The van der Waals surface area contributed by atoms with E-state index in [0.717, 1.165) is 10.3 Å². The van der Waals surface area contributed by atoms with Crippen LogP contribution in [-0.2, 0) is 4.79 Å². The van der Waals surface area contributed by atoms with Gasteiger partial charge in [-0.15, -0.1) is 11.8 Å². The molecule has 3 rings (SSSR count). The molecule has 0 spiro atoms. The van der Waals surface area contributed by atoms with E-state index in [1.165, 1.54) is 11.8 Å². The first-order valence-electron chi connectivity index (χ1n) is 6.89. The summed E-state index contributed by atoms with van der Waals surface area (Å²) in [6.07, 6.45) is 1.67. The number of nitrogens with two attached hydrogens (primary N) is 1. The minimum absolute atomic E-state index is 0.156. The van der Waals surface area contributed by atoms with Crippen LogP contribution in [0, 0.1) is 0 Å². The molecule has 0 fully saturated rings. The van der Waals surface area contributed by atoms with Crippen LogP contribution >= 0.6 is 11.8 Å². The maximum atomic E-state index is 12.6. The molecule has 0 atom stereocenters. The van der Waals surface area contributed by atoms with Crippen LogP contribution in [-0.4, -0.2) is 27.8 Å². The van der Waals surface area contributed by atoms with E-state index >= 15 is 0 Å². The summed E-state index contributed by atoms with van der Waals surface area (Å²) in [6, 6.07) is 12.7. The molecule has 0 aliphatic rings. The monoisotopic (exact) mass is 326 g/mol. The maximum absolute atomic E-state index is 12.6. The van der Waals surface area contributed by atoms with Gasteiger partial charge in [0.15, 0.2) is 0 Å². The molecule has 0 saturated carbocycles. The van der Waals surface area contributed by atoms with E-state index in [4.69, 9.17) is 5.73 Å². The largest absolute Gasteiger partial charge is 0.369 e. The van der Waals surface area contributed by atoms with Gasteiger partial charge in [0.25, 0.3) is 5.91 Å². The SMILES string of the molecule is NC(=O)CSc1ccccc1NC(=O)c1cccc2cn[nH]c12. The number of thioether (sulfide) groups is 1. The lowest BCUT2D eigenvalue weighted by Crippen LogP contribution is -2.15. The second kappa shape index (κ2) is 6.53. The summed E-state index contributed by atoms with van der Waals surface area (Å²) in [5.74, 6) is -0.492. The Morgan fingerprint density at radius 3 is 2.83 bits per heavy atom. The summed E-state index contributed by atoms with van der Waals surface area (Å²) in [5.41, 5.74) is 7.01. The van der Waals surface area contributed by atoms with Crippen molar-refractivity contribution in [2.24, 2.45) is 5.73 Å². The van der Waals surface area contributed by atoms with E-state index in [9.17, 15) is 9.59 Å². The number of anilines is 1. The number of nitrogens with one attached hydrogen (secondary N) is 2. The number of aromatic nitrogens is 2. The predicted octanol–water partition coefficient (Wildman–Crippen LogP) is 2.39. The Bertz CT molecular complexity index is 875. The highest BCUT2D eigenvalue weighted by atomic mass is 32.2. The molecule has 116 valence electrons. The number of fused-ring (bicyclic) bond motifs is 1. The highest BCUT2D eigenvalue weighted by Gasteiger charge is 2.13. The fourth-order valence-electron chi connectivity index (χ4n) is 2.19. The standard InChI is InChI=1S/C16H14N4O2S/c17-14(21)9-23-13-7-2-1-6-12(13)19-16(22)11-5-3-4-10-8-18-20-15(10)11/h1-8H,9H2,(H2,17,21)(H,18,20)(H,19,22). The molecule has 4 N–H and O–H groups in total. The molecule has 6 nitrogen and oxygen atoms in total. The number of nitrogens with zero attached hydrogens (tertiary/aromatic N) is 1. The number of carbonyl (C=O) groups is 2. The molecule has 2 aromatic carbocycles. The van der Waals surface area contributed by atoms with Crippen molar-refractivity contribution >= 4 is 40.2 Å². The molecule has 1 heterocycles. The summed E-state index contributed by atoms with van der Waals surface area (Å²) in [5, 5.41) is 10.5. The van der Waals surface area contributed by atoms with Crippen LogP contribution in [0.2, 0.25) is 0 Å². The van der Waals surface area contributed by atoms with E-state index in [0.29, 0.717) is 16.8 Å². The summed E-state index contributed by atoms with van der Waals surface area (Å²) >= 11 is 1.29. The molecule has 0 unspecified atom stereocenters. The first kappa shape index (κ1) is 15.1. The van der Waals surface area contributed by atoms with Crippen LogP contribution < -0.4 is 11.1 Å². The zero-order valence-electron chi connectivity index (χ0n) is 12.1. The molecule has 0 aliphatic heterocycles. The van der Waals surface area contributed by atoms with Crippen LogP contribution in [0.3, 0.4) is 0 Å². The van der Waals surface area contributed by atoms with Crippen LogP contribution in [0.15, 0.2) is 53.6 Å². The fourth-order valence-corrected chi connectivity index (χ4v) is 2.94. The Labute approximate surface area is 136 Å². The second-order valence-corrected chi connectivity index (χ2v) is 5.86. The Morgan fingerprint density at radius 1 is 1.17 bits per heavy atom. The predicted molar refractivity (Wildman–Crippen MR) is 90.4 cm³/mol. The van der Waals surface area contributed by atoms with Crippen molar-refractivity contribution in [3.8, 4) is 0 Å². The third kappa shape index (κ3) is 3.35. The van der Waals surface area contributed by atoms with Crippen molar-refractivity contribution in [2.75, 3.05) is 11.1 Å². The average molecular weight is 326 g/mol. The van der Waals surface area contributed by atoms with Gasteiger partial charge in [-0.1, -0.05) is 24.3 Å². The van der Waals surface area contributed by atoms with E-state index in [-0.39, 0.29) is 11.7 Å². The van der Waals surface area contributed by atoms with Gasteiger partial charge in [-0.05, 0) is 18.2 Å². The summed E-state index contributed by atoms with van der Waals surface area (Å²) < 4.78 is 0. The van der Waals surface area contributed by atoms with Gasteiger partial charge in [-0.3, -0.25) is 14.7 Å². The zero-order valence-corrected chi connectivity index (χ0v) is 12.9. The van der Waals surface area contributed by atoms with Crippen molar-refractivity contribution in [1.29, 1.82) is 0 Å².